The van der Waals surface area contributed by atoms with Crippen LogP contribution in [-0.4, -0.2) is 18.9 Å². The Morgan fingerprint density at radius 2 is 1.73 bits per heavy atom. The summed E-state index contributed by atoms with van der Waals surface area (Å²) in [5.74, 6) is -1.02. The first-order valence-corrected chi connectivity index (χ1v) is 5.71. The van der Waals surface area contributed by atoms with Gasteiger partial charge >= 0.3 is 5.97 Å². The monoisotopic (exact) mass is 214 g/mol. The lowest BCUT2D eigenvalue weighted by Crippen LogP contribution is -2.23. The molecule has 1 atom stereocenters. The van der Waals surface area contributed by atoms with E-state index in [1.165, 1.54) is 33.3 Å². The third-order valence-electron chi connectivity index (χ3n) is 2.57. The number of rotatable bonds is 8. The number of hydrogen-bond donors (Lipinski definition) is 0. The number of ether oxygens (including phenoxy) is 1. The summed E-state index contributed by atoms with van der Waals surface area (Å²) in [5.41, 5.74) is 0. The largest absolute Gasteiger partial charge is 0.468 e. The molecule has 0 radical (unpaired) electrons. The molecule has 0 aliphatic rings. The van der Waals surface area contributed by atoms with E-state index in [2.05, 4.69) is 11.7 Å². The van der Waals surface area contributed by atoms with Gasteiger partial charge in [0.05, 0.1) is 7.11 Å². The van der Waals surface area contributed by atoms with Crippen LogP contribution in [0.2, 0.25) is 0 Å². The molecule has 0 spiro atoms. The Kier molecular flexibility index (Phi) is 7.96. The fraction of sp³-hybridized carbons (Fsp3) is 0.833. The van der Waals surface area contributed by atoms with Crippen LogP contribution in [0, 0.1) is 5.92 Å². The van der Waals surface area contributed by atoms with Crippen LogP contribution in [0.1, 0.15) is 52.4 Å². The van der Waals surface area contributed by atoms with Crippen LogP contribution in [0.5, 0.6) is 0 Å². The minimum atomic E-state index is -0.545. The zero-order valence-electron chi connectivity index (χ0n) is 10.0. The van der Waals surface area contributed by atoms with Crippen LogP contribution in [0.15, 0.2) is 0 Å². The molecule has 15 heavy (non-hydrogen) atoms. The first-order chi connectivity index (χ1) is 7.13. The number of carbonyl (C=O) groups is 2. The fourth-order valence-electron chi connectivity index (χ4n) is 1.58. The molecule has 0 fully saturated rings. The van der Waals surface area contributed by atoms with E-state index in [-0.39, 0.29) is 5.78 Å². The van der Waals surface area contributed by atoms with Crippen molar-refractivity contribution in [3.05, 3.63) is 0 Å². The van der Waals surface area contributed by atoms with E-state index in [0.29, 0.717) is 6.42 Å². The number of esters is 1. The van der Waals surface area contributed by atoms with Gasteiger partial charge in [-0.1, -0.05) is 39.0 Å². The molecule has 0 aromatic carbocycles. The second-order valence-corrected chi connectivity index (χ2v) is 3.89. The van der Waals surface area contributed by atoms with Gasteiger partial charge in [0.15, 0.2) is 0 Å². The normalized spacial score (nSPS) is 12.2. The molecular weight excluding hydrogens is 192 g/mol. The third-order valence-corrected chi connectivity index (χ3v) is 2.57. The first kappa shape index (κ1) is 14.1. The highest BCUT2D eigenvalue weighted by Crippen LogP contribution is 2.14. The molecule has 0 aromatic rings. The Balaban J connectivity index is 3.77. The van der Waals surface area contributed by atoms with Crippen molar-refractivity contribution in [1.82, 2.24) is 0 Å². The summed E-state index contributed by atoms with van der Waals surface area (Å²) in [6.07, 6.45) is 6.26. The topological polar surface area (TPSA) is 43.4 Å². The molecule has 0 saturated heterocycles. The quantitative estimate of drug-likeness (QED) is 0.354. The molecule has 0 amide bonds. The summed E-state index contributed by atoms with van der Waals surface area (Å²) in [4.78, 5) is 22.4. The van der Waals surface area contributed by atoms with E-state index in [9.17, 15) is 9.59 Å². The molecule has 0 saturated carbocycles. The fourth-order valence-corrected chi connectivity index (χ4v) is 1.58. The molecule has 3 nitrogen and oxygen atoms in total. The van der Waals surface area contributed by atoms with Gasteiger partial charge in [-0.05, 0) is 13.3 Å². The summed E-state index contributed by atoms with van der Waals surface area (Å²) in [6, 6.07) is 0. The maximum Gasteiger partial charge on any atom is 0.316 e. The van der Waals surface area contributed by atoms with Gasteiger partial charge in [0.2, 0.25) is 0 Å². The van der Waals surface area contributed by atoms with Crippen LogP contribution in [0.3, 0.4) is 0 Å². The summed E-state index contributed by atoms with van der Waals surface area (Å²) >= 11 is 0. The summed E-state index contributed by atoms with van der Waals surface area (Å²) in [7, 11) is 1.33. The van der Waals surface area contributed by atoms with E-state index in [1.54, 1.807) is 0 Å². The summed E-state index contributed by atoms with van der Waals surface area (Å²) < 4.78 is 4.59. The van der Waals surface area contributed by atoms with E-state index < -0.39 is 11.9 Å². The van der Waals surface area contributed by atoms with Crippen LogP contribution >= 0.6 is 0 Å². The van der Waals surface area contributed by atoms with E-state index in [4.69, 9.17) is 0 Å². The molecule has 0 aliphatic carbocycles. The van der Waals surface area contributed by atoms with E-state index in [0.717, 1.165) is 12.8 Å². The molecule has 1 unspecified atom stereocenters. The van der Waals surface area contributed by atoms with Crippen LogP contribution < -0.4 is 0 Å². The van der Waals surface area contributed by atoms with Gasteiger partial charge in [-0.15, -0.1) is 0 Å². The molecule has 0 heterocycles. The highest BCUT2D eigenvalue weighted by Gasteiger charge is 2.22. The number of hydrogen-bond acceptors (Lipinski definition) is 3. The molecule has 0 aromatic heterocycles. The van der Waals surface area contributed by atoms with Gasteiger partial charge in [0.1, 0.15) is 11.7 Å². The number of methoxy groups -OCH3 is 1. The Hall–Kier alpha value is -0.860. The average molecular weight is 214 g/mol. The second-order valence-electron chi connectivity index (χ2n) is 3.89. The Labute approximate surface area is 92.2 Å². The maximum absolute atomic E-state index is 11.2. The number of ketones is 1. The van der Waals surface area contributed by atoms with Gasteiger partial charge in [0.25, 0.3) is 0 Å². The zero-order valence-corrected chi connectivity index (χ0v) is 10.0. The minimum Gasteiger partial charge on any atom is -0.468 e. The van der Waals surface area contributed by atoms with E-state index in [1.807, 2.05) is 0 Å². The lowest BCUT2D eigenvalue weighted by Gasteiger charge is -2.10. The number of carbonyl (C=O) groups excluding carboxylic acids is 2. The highest BCUT2D eigenvalue weighted by molar-refractivity contribution is 5.97. The van der Waals surface area contributed by atoms with E-state index >= 15 is 0 Å². The van der Waals surface area contributed by atoms with Gasteiger partial charge < -0.3 is 4.74 Å². The molecule has 88 valence electrons. The van der Waals surface area contributed by atoms with Crippen LogP contribution in [0.25, 0.3) is 0 Å². The molecule has 0 rings (SSSR count). The van der Waals surface area contributed by atoms with Crippen LogP contribution in [-0.2, 0) is 14.3 Å². The van der Waals surface area contributed by atoms with Crippen molar-refractivity contribution in [2.24, 2.45) is 5.92 Å². The number of Topliss-reactive ketones (excluding diaryl/α,β-unsaturated/α-hetero) is 1. The molecular formula is C12H22O3. The summed E-state index contributed by atoms with van der Waals surface area (Å²) in [6.45, 7) is 3.61. The Bertz CT molecular complexity index is 199. The predicted molar refractivity (Wildman–Crippen MR) is 59.6 cm³/mol. The minimum absolute atomic E-state index is 0.0858. The SMILES string of the molecule is CCCCCCCC(C(C)=O)C(=O)OC. The van der Waals surface area contributed by atoms with Crippen molar-refractivity contribution in [3.63, 3.8) is 0 Å². The lowest BCUT2D eigenvalue weighted by molar-refractivity contribution is -0.149. The van der Waals surface area contributed by atoms with Crippen molar-refractivity contribution in [3.8, 4) is 0 Å². The summed E-state index contributed by atoms with van der Waals surface area (Å²) in [5, 5.41) is 0. The number of unbranched alkanes of at least 4 members (excludes halogenated alkanes) is 4. The van der Waals surface area contributed by atoms with Gasteiger partial charge in [-0.2, -0.15) is 0 Å². The zero-order chi connectivity index (χ0) is 11.7. The second kappa shape index (κ2) is 8.45. The maximum atomic E-state index is 11.2. The first-order valence-electron chi connectivity index (χ1n) is 5.71. The van der Waals surface area contributed by atoms with Crippen molar-refractivity contribution in [1.29, 1.82) is 0 Å². The molecule has 0 bridgehead atoms. The predicted octanol–water partition coefficient (Wildman–Crippen LogP) is 2.73. The van der Waals surface area contributed by atoms with Crippen LogP contribution in [0.4, 0.5) is 0 Å². The molecule has 3 heteroatoms. The van der Waals surface area contributed by atoms with Crippen molar-refractivity contribution < 1.29 is 14.3 Å². The van der Waals surface area contributed by atoms with Gasteiger partial charge in [0, 0.05) is 0 Å². The van der Waals surface area contributed by atoms with Gasteiger partial charge in [-0.3, -0.25) is 9.59 Å². The molecule has 0 aliphatic heterocycles. The van der Waals surface area contributed by atoms with Crippen molar-refractivity contribution in [2.75, 3.05) is 7.11 Å². The smallest absolute Gasteiger partial charge is 0.316 e. The van der Waals surface area contributed by atoms with Crippen molar-refractivity contribution >= 4 is 11.8 Å². The highest BCUT2D eigenvalue weighted by atomic mass is 16.5. The van der Waals surface area contributed by atoms with Crippen molar-refractivity contribution in [2.45, 2.75) is 52.4 Å². The average Bonchev–Trinajstić information content (AvgIpc) is 2.22. The molecule has 0 N–H and O–H groups in total. The Morgan fingerprint density at radius 3 is 2.20 bits per heavy atom. The van der Waals surface area contributed by atoms with Gasteiger partial charge in [-0.25, -0.2) is 0 Å². The standard InChI is InChI=1S/C12H22O3/c1-4-5-6-7-8-9-11(10(2)13)12(14)15-3/h11H,4-9H2,1-3H3. The third kappa shape index (κ3) is 6.26. The lowest BCUT2D eigenvalue weighted by atomic mass is 9.97. The Morgan fingerprint density at radius 1 is 1.13 bits per heavy atom.